The number of morpholine rings is 1. The summed E-state index contributed by atoms with van der Waals surface area (Å²) in [6.07, 6.45) is 0. The van der Waals surface area contributed by atoms with Crippen LogP contribution in [0, 0.1) is 13.8 Å². The van der Waals surface area contributed by atoms with Crippen LogP contribution in [0.15, 0.2) is 18.2 Å². The van der Waals surface area contributed by atoms with Crippen LogP contribution in [0.5, 0.6) is 0 Å². The van der Waals surface area contributed by atoms with Gasteiger partial charge in [0.15, 0.2) is 6.61 Å². The first-order valence-corrected chi connectivity index (χ1v) is 9.38. The van der Waals surface area contributed by atoms with Crippen LogP contribution < -0.4 is 5.32 Å². The highest BCUT2D eigenvalue weighted by atomic mass is 16.5. The van der Waals surface area contributed by atoms with Crippen LogP contribution in [-0.4, -0.2) is 86.5 Å². The fraction of sp³-hybridized carbons (Fsp3) is 0.500. The standard InChI is InChI=1S/C20H27N3O6/c1-14-4-5-16(10-15(14)2)20(27)21-11-19(26)29-13-18(25)22(3)12-17(24)23-6-8-28-9-7-23/h4-5,10H,6-9,11-13H2,1-3H3,(H,21,27). The molecule has 1 aromatic carbocycles. The van der Waals surface area contributed by atoms with E-state index < -0.39 is 24.4 Å². The van der Waals surface area contributed by atoms with Crippen molar-refractivity contribution in [3.05, 3.63) is 34.9 Å². The fourth-order valence-electron chi connectivity index (χ4n) is 2.64. The minimum Gasteiger partial charge on any atom is -0.454 e. The lowest BCUT2D eigenvalue weighted by Crippen LogP contribution is -2.46. The Balaban J connectivity index is 1.70. The first-order valence-electron chi connectivity index (χ1n) is 9.38. The minimum atomic E-state index is -0.733. The number of amides is 3. The zero-order valence-electron chi connectivity index (χ0n) is 17.0. The van der Waals surface area contributed by atoms with E-state index in [2.05, 4.69) is 5.32 Å². The van der Waals surface area contributed by atoms with Crippen LogP contribution in [-0.2, 0) is 23.9 Å². The molecular weight excluding hydrogens is 378 g/mol. The molecule has 9 heteroatoms. The summed E-state index contributed by atoms with van der Waals surface area (Å²) in [5.74, 6) is -1.82. The van der Waals surface area contributed by atoms with Gasteiger partial charge in [0.1, 0.15) is 6.54 Å². The molecule has 0 spiro atoms. The minimum absolute atomic E-state index is 0.0973. The molecule has 1 aliphatic heterocycles. The lowest BCUT2D eigenvalue weighted by molar-refractivity contribution is -0.152. The Morgan fingerprint density at radius 3 is 2.48 bits per heavy atom. The van der Waals surface area contributed by atoms with Crippen molar-refractivity contribution in [3.63, 3.8) is 0 Å². The smallest absolute Gasteiger partial charge is 0.325 e. The molecule has 1 N–H and O–H groups in total. The van der Waals surface area contributed by atoms with Gasteiger partial charge in [-0.15, -0.1) is 0 Å². The normalized spacial score (nSPS) is 13.6. The Kier molecular flexibility index (Phi) is 8.14. The number of likely N-dealkylation sites (N-methyl/N-ethyl adjacent to an activating group) is 1. The van der Waals surface area contributed by atoms with E-state index in [1.165, 1.54) is 11.9 Å². The van der Waals surface area contributed by atoms with E-state index in [0.29, 0.717) is 31.9 Å². The van der Waals surface area contributed by atoms with Gasteiger partial charge in [0.05, 0.1) is 19.8 Å². The van der Waals surface area contributed by atoms with Gasteiger partial charge in [0.25, 0.3) is 11.8 Å². The second-order valence-electron chi connectivity index (χ2n) is 6.89. The third-order valence-corrected chi connectivity index (χ3v) is 4.68. The van der Waals surface area contributed by atoms with Crippen LogP contribution in [0.2, 0.25) is 0 Å². The highest BCUT2D eigenvalue weighted by Gasteiger charge is 2.21. The van der Waals surface area contributed by atoms with Crippen molar-refractivity contribution in [1.29, 1.82) is 0 Å². The summed E-state index contributed by atoms with van der Waals surface area (Å²) in [4.78, 5) is 50.9. The number of ether oxygens (including phenoxy) is 2. The molecule has 1 fully saturated rings. The first kappa shape index (κ1) is 22.4. The zero-order valence-corrected chi connectivity index (χ0v) is 17.0. The lowest BCUT2D eigenvalue weighted by atomic mass is 10.1. The Morgan fingerprint density at radius 2 is 1.83 bits per heavy atom. The predicted molar refractivity (Wildman–Crippen MR) is 104 cm³/mol. The van der Waals surface area contributed by atoms with Crippen LogP contribution in [0.4, 0.5) is 0 Å². The third kappa shape index (κ3) is 6.86. The van der Waals surface area contributed by atoms with Gasteiger partial charge in [0.2, 0.25) is 5.91 Å². The van der Waals surface area contributed by atoms with Gasteiger partial charge >= 0.3 is 5.97 Å². The van der Waals surface area contributed by atoms with Gasteiger partial charge in [0, 0.05) is 25.7 Å². The summed E-state index contributed by atoms with van der Waals surface area (Å²) in [7, 11) is 1.47. The second-order valence-corrected chi connectivity index (χ2v) is 6.89. The molecule has 0 unspecified atom stereocenters. The third-order valence-electron chi connectivity index (χ3n) is 4.68. The van der Waals surface area contributed by atoms with E-state index in [4.69, 9.17) is 9.47 Å². The highest BCUT2D eigenvalue weighted by molar-refractivity contribution is 5.96. The highest BCUT2D eigenvalue weighted by Crippen LogP contribution is 2.09. The summed E-state index contributed by atoms with van der Waals surface area (Å²) in [5.41, 5.74) is 2.48. The molecule has 0 aromatic heterocycles. The maximum Gasteiger partial charge on any atom is 0.325 e. The van der Waals surface area contributed by atoms with Crippen molar-refractivity contribution in [2.75, 3.05) is 53.0 Å². The molecule has 1 aliphatic rings. The van der Waals surface area contributed by atoms with Crippen LogP contribution in [0.3, 0.4) is 0 Å². The Bertz CT molecular complexity index is 773. The summed E-state index contributed by atoms with van der Waals surface area (Å²) in [6, 6.07) is 5.24. The summed E-state index contributed by atoms with van der Waals surface area (Å²) < 4.78 is 10.1. The van der Waals surface area contributed by atoms with Crippen LogP contribution in [0.25, 0.3) is 0 Å². The number of hydrogen-bond donors (Lipinski definition) is 1. The van der Waals surface area contributed by atoms with E-state index in [0.717, 1.165) is 11.1 Å². The van der Waals surface area contributed by atoms with Gasteiger partial charge in [-0.3, -0.25) is 19.2 Å². The largest absolute Gasteiger partial charge is 0.454 e. The van der Waals surface area contributed by atoms with Crippen molar-refractivity contribution in [1.82, 2.24) is 15.1 Å². The van der Waals surface area contributed by atoms with E-state index >= 15 is 0 Å². The molecule has 0 aliphatic carbocycles. The number of aryl methyl sites for hydroxylation is 2. The average Bonchev–Trinajstić information content (AvgIpc) is 2.72. The fourth-order valence-corrected chi connectivity index (χ4v) is 2.64. The molecule has 29 heavy (non-hydrogen) atoms. The number of carbonyl (C=O) groups excluding carboxylic acids is 4. The van der Waals surface area contributed by atoms with E-state index in [9.17, 15) is 19.2 Å². The summed E-state index contributed by atoms with van der Waals surface area (Å²) >= 11 is 0. The SMILES string of the molecule is Cc1ccc(C(=O)NCC(=O)OCC(=O)N(C)CC(=O)N2CCOCC2)cc1C. The Labute approximate surface area is 169 Å². The monoisotopic (exact) mass is 405 g/mol. The number of benzene rings is 1. The second kappa shape index (κ2) is 10.6. The predicted octanol–water partition coefficient (Wildman–Crippen LogP) is -0.106. The van der Waals surface area contributed by atoms with E-state index in [1.807, 2.05) is 19.9 Å². The summed E-state index contributed by atoms with van der Waals surface area (Å²) in [6.45, 7) is 4.85. The van der Waals surface area contributed by atoms with E-state index in [1.54, 1.807) is 17.0 Å². The molecule has 0 atom stereocenters. The molecule has 1 saturated heterocycles. The maximum atomic E-state index is 12.1. The molecule has 3 amide bonds. The van der Waals surface area contributed by atoms with Crippen molar-refractivity contribution >= 4 is 23.7 Å². The van der Waals surface area contributed by atoms with Crippen LogP contribution >= 0.6 is 0 Å². The van der Waals surface area contributed by atoms with Crippen molar-refractivity contribution in [3.8, 4) is 0 Å². The first-order chi connectivity index (χ1) is 13.8. The van der Waals surface area contributed by atoms with Gasteiger partial charge in [-0.1, -0.05) is 6.07 Å². The van der Waals surface area contributed by atoms with Gasteiger partial charge < -0.3 is 24.6 Å². The lowest BCUT2D eigenvalue weighted by Gasteiger charge is -2.28. The zero-order chi connectivity index (χ0) is 21.4. The Morgan fingerprint density at radius 1 is 1.14 bits per heavy atom. The number of rotatable bonds is 7. The van der Waals surface area contributed by atoms with Crippen molar-refractivity contribution in [2.24, 2.45) is 0 Å². The van der Waals surface area contributed by atoms with Crippen molar-refractivity contribution < 1.29 is 28.7 Å². The van der Waals surface area contributed by atoms with Crippen molar-refractivity contribution in [2.45, 2.75) is 13.8 Å². The molecule has 0 bridgehead atoms. The quantitative estimate of drug-likeness (QED) is 0.635. The van der Waals surface area contributed by atoms with Gasteiger partial charge in [-0.05, 0) is 37.1 Å². The Hall–Kier alpha value is -2.94. The molecule has 2 rings (SSSR count). The molecule has 0 radical (unpaired) electrons. The molecule has 158 valence electrons. The average molecular weight is 405 g/mol. The van der Waals surface area contributed by atoms with Gasteiger partial charge in [-0.2, -0.15) is 0 Å². The maximum absolute atomic E-state index is 12.1. The molecular formula is C20H27N3O6. The number of nitrogens with one attached hydrogen (secondary N) is 1. The molecule has 0 saturated carbocycles. The molecule has 1 aromatic rings. The summed E-state index contributed by atoms with van der Waals surface area (Å²) in [5, 5.41) is 2.46. The number of nitrogens with zero attached hydrogens (tertiary/aromatic N) is 2. The van der Waals surface area contributed by atoms with Gasteiger partial charge in [-0.25, -0.2) is 0 Å². The number of hydrogen-bond acceptors (Lipinski definition) is 6. The topological polar surface area (TPSA) is 105 Å². The number of carbonyl (C=O) groups is 4. The number of esters is 1. The van der Waals surface area contributed by atoms with Crippen LogP contribution in [0.1, 0.15) is 21.5 Å². The van der Waals surface area contributed by atoms with E-state index in [-0.39, 0.29) is 19.0 Å². The molecule has 1 heterocycles. The molecule has 9 nitrogen and oxygen atoms in total.